The first kappa shape index (κ1) is 32.1. The van der Waals surface area contributed by atoms with Crippen LogP contribution in [0.3, 0.4) is 0 Å². The highest BCUT2D eigenvalue weighted by molar-refractivity contribution is 5.80. The fraction of sp³-hybridized carbons (Fsp3) is 0.353. The van der Waals surface area contributed by atoms with Crippen molar-refractivity contribution in [2.24, 2.45) is 10.3 Å². The smallest absolute Gasteiger partial charge is 0.235 e. The van der Waals surface area contributed by atoms with Crippen molar-refractivity contribution in [2.75, 3.05) is 13.2 Å². The van der Waals surface area contributed by atoms with Crippen molar-refractivity contribution in [1.29, 1.82) is 0 Å². The zero-order valence-electron chi connectivity index (χ0n) is 26.0. The molecule has 0 saturated heterocycles. The molecule has 4 heterocycles. The van der Waals surface area contributed by atoms with Crippen LogP contribution in [0.2, 0.25) is 0 Å². The number of hydrogen-bond donors (Lipinski definition) is 0. The van der Waals surface area contributed by atoms with E-state index in [1.165, 1.54) is 12.7 Å². The SMILES string of the molecule is CCCCOc1ccc([C@@H]2CC(Oc3cncnc3)=NO2)cc1.CCCCOc1ccc([C@H]2CC(Oc3cncnc3)=NO2)cc1. The van der Waals surface area contributed by atoms with Gasteiger partial charge in [0, 0.05) is 0 Å². The summed E-state index contributed by atoms with van der Waals surface area (Å²) in [4.78, 5) is 26.5. The minimum atomic E-state index is -0.140. The minimum absolute atomic E-state index is 0.140. The fourth-order valence-electron chi connectivity index (χ4n) is 4.36. The molecule has 46 heavy (non-hydrogen) atoms. The van der Waals surface area contributed by atoms with Crippen molar-refractivity contribution in [2.45, 2.75) is 64.6 Å². The van der Waals surface area contributed by atoms with E-state index < -0.39 is 0 Å². The van der Waals surface area contributed by atoms with E-state index in [2.05, 4.69) is 44.1 Å². The molecule has 2 aromatic carbocycles. The Morgan fingerprint density at radius 2 is 0.957 bits per heavy atom. The van der Waals surface area contributed by atoms with Crippen LogP contribution in [-0.4, -0.2) is 44.9 Å². The van der Waals surface area contributed by atoms with Crippen LogP contribution < -0.4 is 18.9 Å². The maximum Gasteiger partial charge on any atom is 0.235 e. The maximum absolute atomic E-state index is 5.66. The molecule has 2 aliphatic heterocycles. The van der Waals surface area contributed by atoms with E-state index in [9.17, 15) is 0 Å². The molecule has 4 aromatic rings. The lowest BCUT2D eigenvalue weighted by Crippen LogP contribution is -2.07. The topological polar surface area (TPSA) is 132 Å². The molecule has 2 aliphatic rings. The van der Waals surface area contributed by atoms with Crippen LogP contribution in [0.5, 0.6) is 23.0 Å². The Hall–Kier alpha value is -5.26. The van der Waals surface area contributed by atoms with Gasteiger partial charge in [-0.15, -0.1) is 0 Å². The molecule has 0 bridgehead atoms. The van der Waals surface area contributed by atoms with Crippen LogP contribution in [0.4, 0.5) is 0 Å². The monoisotopic (exact) mass is 626 g/mol. The highest BCUT2D eigenvalue weighted by atomic mass is 16.7. The summed E-state index contributed by atoms with van der Waals surface area (Å²) in [6.45, 7) is 5.78. The third kappa shape index (κ3) is 9.88. The van der Waals surface area contributed by atoms with Crippen LogP contribution in [0.25, 0.3) is 0 Å². The van der Waals surface area contributed by atoms with Crippen molar-refractivity contribution < 1.29 is 28.6 Å². The number of rotatable bonds is 12. The van der Waals surface area contributed by atoms with E-state index >= 15 is 0 Å². The van der Waals surface area contributed by atoms with Gasteiger partial charge in [0.2, 0.25) is 11.8 Å². The van der Waals surface area contributed by atoms with Crippen molar-refractivity contribution in [1.82, 2.24) is 19.9 Å². The lowest BCUT2D eigenvalue weighted by atomic mass is 10.1. The van der Waals surface area contributed by atoms with Crippen LogP contribution in [-0.2, 0) is 9.68 Å². The van der Waals surface area contributed by atoms with Gasteiger partial charge in [0.05, 0.1) is 50.8 Å². The summed E-state index contributed by atoms with van der Waals surface area (Å²) in [5, 5.41) is 7.96. The first-order chi connectivity index (χ1) is 22.7. The van der Waals surface area contributed by atoms with Crippen molar-refractivity contribution in [3.05, 3.63) is 97.1 Å². The third-order valence-corrected chi connectivity index (χ3v) is 6.87. The zero-order chi connectivity index (χ0) is 31.8. The first-order valence-corrected chi connectivity index (χ1v) is 15.5. The molecule has 0 unspecified atom stereocenters. The number of hydrogen-bond acceptors (Lipinski definition) is 12. The van der Waals surface area contributed by atoms with Gasteiger partial charge < -0.3 is 28.6 Å². The predicted octanol–water partition coefficient (Wildman–Crippen LogP) is 7.02. The van der Waals surface area contributed by atoms with Gasteiger partial charge in [-0.25, -0.2) is 19.9 Å². The highest BCUT2D eigenvalue weighted by Crippen LogP contribution is 2.30. The molecule has 0 aliphatic carbocycles. The largest absolute Gasteiger partial charge is 0.494 e. The number of benzene rings is 2. The van der Waals surface area contributed by atoms with Crippen LogP contribution in [0.1, 0.15) is 75.7 Å². The molecule has 12 nitrogen and oxygen atoms in total. The van der Waals surface area contributed by atoms with Crippen molar-refractivity contribution in [3.8, 4) is 23.0 Å². The van der Waals surface area contributed by atoms with E-state index in [0.29, 0.717) is 36.1 Å². The lowest BCUT2D eigenvalue weighted by Gasteiger charge is -2.10. The quantitative estimate of drug-likeness (QED) is 0.151. The molecule has 0 radical (unpaired) electrons. The summed E-state index contributed by atoms with van der Waals surface area (Å²) in [7, 11) is 0. The lowest BCUT2D eigenvalue weighted by molar-refractivity contribution is 0.0854. The Labute approximate surface area is 268 Å². The maximum atomic E-state index is 5.66. The molecule has 0 amide bonds. The van der Waals surface area contributed by atoms with E-state index in [4.69, 9.17) is 28.6 Å². The second-order valence-corrected chi connectivity index (χ2v) is 10.5. The molecule has 0 spiro atoms. The molecular weight excluding hydrogens is 588 g/mol. The predicted molar refractivity (Wildman–Crippen MR) is 171 cm³/mol. The standard InChI is InChI=1S/2C17H19N3O3/c2*1-2-3-8-21-14-6-4-13(5-7-14)16-9-17(20-23-16)22-15-10-18-12-19-11-15/h2*4-7,10-12,16H,2-3,8-9H2,1H3/t2*16-/m10/s1. The van der Waals surface area contributed by atoms with E-state index in [1.807, 2.05) is 48.5 Å². The Morgan fingerprint density at radius 3 is 1.33 bits per heavy atom. The minimum Gasteiger partial charge on any atom is -0.494 e. The van der Waals surface area contributed by atoms with Crippen LogP contribution >= 0.6 is 0 Å². The summed E-state index contributed by atoms with van der Waals surface area (Å²) in [5.74, 6) is 3.89. The van der Waals surface area contributed by atoms with Crippen molar-refractivity contribution >= 4 is 11.8 Å². The van der Waals surface area contributed by atoms with Gasteiger partial charge >= 0.3 is 0 Å². The molecule has 0 N–H and O–H groups in total. The summed E-state index contributed by atoms with van der Waals surface area (Å²) in [6.07, 6.45) is 14.5. The Kier molecular flexibility index (Phi) is 12.1. The molecular formula is C34H38N6O6. The summed E-state index contributed by atoms with van der Waals surface area (Å²) in [6, 6.07) is 15.8. The second-order valence-electron chi connectivity index (χ2n) is 10.5. The highest BCUT2D eigenvalue weighted by Gasteiger charge is 2.25. The normalized spacial score (nSPS) is 16.6. The fourth-order valence-corrected chi connectivity index (χ4v) is 4.36. The molecule has 12 heteroatoms. The molecule has 0 saturated carbocycles. The summed E-state index contributed by atoms with van der Waals surface area (Å²) < 4.78 is 22.5. The molecule has 240 valence electrons. The number of aromatic nitrogens is 4. The molecule has 2 aromatic heterocycles. The third-order valence-electron chi connectivity index (χ3n) is 6.87. The molecule has 6 rings (SSSR count). The second kappa shape index (κ2) is 17.3. The van der Waals surface area contributed by atoms with E-state index in [0.717, 1.165) is 61.5 Å². The summed E-state index contributed by atoms with van der Waals surface area (Å²) >= 11 is 0. The van der Waals surface area contributed by atoms with Gasteiger partial charge in [-0.1, -0.05) is 61.3 Å². The average molecular weight is 627 g/mol. The molecule has 0 fully saturated rings. The van der Waals surface area contributed by atoms with Crippen LogP contribution in [0, 0.1) is 0 Å². The van der Waals surface area contributed by atoms with Gasteiger partial charge in [-0.2, -0.15) is 0 Å². The van der Waals surface area contributed by atoms with E-state index in [1.54, 1.807) is 24.8 Å². The van der Waals surface area contributed by atoms with Gasteiger partial charge in [0.15, 0.2) is 23.7 Å². The number of ether oxygens (including phenoxy) is 4. The zero-order valence-corrected chi connectivity index (χ0v) is 26.0. The average Bonchev–Trinajstić information content (AvgIpc) is 3.77. The van der Waals surface area contributed by atoms with Gasteiger partial charge in [-0.05, 0) is 48.2 Å². The van der Waals surface area contributed by atoms with Crippen LogP contribution in [0.15, 0.2) is 96.3 Å². The first-order valence-electron chi connectivity index (χ1n) is 15.5. The van der Waals surface area contributed by atoms with E-state index in [-0.39, 0.29) is 12.2 Å². The summed E-state index contributed by atoms with van der Waals surface area (Å²) in [5.41, 5.74) is 2.08. The number of unbranched alkanes of at least 4 members (excludes halogenated alkanes) is 2. The number of nitrogens with zero attached hydrogens (tertiary/aromatic N) is 6. The van der Waals surface area contributed by atoms with Gasteiger partial charge in [0.1, 0.15) is 24.2 Å². The van der Waals surface area contributed by atoms with Gasteiger partial charge in [-0.3, -0.25) is 0 Å². The Bertz CT molecular complexity index is 1400. The Morgan fingerprint density at radius 1 is 0.565 bits per heavy atom. The molecule has 2 atom stereocenters. The van der Waals surface area contributed by atoms with Gasteiger partial charge in [0.25, 0.3) is 0 Å². The van der Waals surface area contributed by atoms with Crippen molar-refractivity contribution in [3.63, 3.8) is 0 Å². The number of oxime groups is 2. The Balaban J connectivity index is 0.000000181.